The second kappa shape index (κ2) is 7.53. The molecule has 0 aliphatic heterocycles. The average Bonchev–Trinajstić information content (AvgIpc) is 2.71. The molecule has 1 N–H and O–H groups in total. The molecule has 2 fully saturated rings. The van der Waals surface area contributed by atoms with Crippen molar-refractivity contribution in [2.45, 2.75) is 57.1 Å². The van der Waals surface area contributed by atoms with Crippen LogP contribution in [0.1, 0.15) is 55.6 Å². The molecule has 0 radical (unpaired) electrons. The summed E-state index contributed by atoms with van der Waals surface area (Å²) in [6, 6.07) is 20.8. The standard InChI is InChI=1S/C23H27NO2/c25-22(24-17-18-7-3-1-4-8-18)26-21-13-16-23(21)14-11-20(12-15-23)19-9-5-2-6-10-19/h1-10,20-21H,11-17H2,(H,24,25). The lowest BCUT2D eigenvalue weighted by atomic mass is 9.56. The van der Waals surface area contributed by atoms with Crippen LogP contribution in [0.3, 0.4) is 0 Å². The molecule has 2 saturated carbocycles. The SMILES string of the molecule is O=C(NCc1ccccc1)OC1CCC12CCC(c1ccccc1)CC2. The van der Waals surface area contributed by atoms with E-state index < -0.39 is 0 Å². The van der Waals surface area contributed by atoms with E-state index in [-0.39, 0.29) is 17.6 Å². The Kier molecular flexibility index (Phi) is 4.96. The third-order valence-corrected chi connectivity index (χ3v) is 6.37. The highest BCUT2D eigenvalue weighted by molar-refractivity contribution is 5.67. The molecule has 0 aromatic heterocycles. The lowest BCUT2D eigenvalue weighted by Crippen LogP contribution is -2.50. The van der Waals surface area contributed by atoms with Crippen LogP contribution >= 0.6 is 0 Å². The second-order valence-corrected chi connectivity index (χ2v) is 7.82. The van der Waals surface area contributed by atoms with Gasteiger partial charge in [-0.3, -0.25) is 0 Å². The van der Waals surface area contributed by atoms with Gasteiger partial charge in [0.25, 0.3) is 0 Å². The van der Waals surface area contributed by atoms with Crippen LogP contribution in [0.4, 0.5) is 4.79 Å². The molecule has 2 aliphatic rings. The number of carbonyl (C=O) groups is 1. The zero-order chi connectivity index (χ0) is 17.8. The monoisotopic (exact) mass is 349 g/mol. The van der Waals surface area contributed by atoms with Crippen LogP contribution < -0.4 is 5.32 Å². The number of nitrogens with one attached hydrogen (secondary N) is 1. The van der Waals surface area contributed by atoms with Crippen LogP contribution in [0, 0.1) is 5.41 Å². The van der Waals surface area contributed by atoms with E-state index in [2.05, 4.69) is 35.6 Å². The molecule has 2 aromatic carbocycles. The first-order valence-corrected chi connectivity index (χ1v) is 9.79. The van der Waals surface area contributed by atoms with E-state index in [1.54, 1.807) is 0 Å². The van der Waals surface area contributed by atoms with Gasteiger partial charge in [0.1, 0.15) is 6.10 Å². The number of amides is 1. The molecule has 1 unspecified atom stereocenters. The fraction of sp³-hybridized carbons (Fsp3) is 0.435. The van der Waals surface area contributed by atoms with Gasteiger partial charge in [0, 0.05) is 12.0 Å². The van der Waals surface area contributed by atoms with Gasteiger partial charge in [-0.2, -0.15) is 0 Å². The summed E-state index contributed by atoms with van der Waals surface area (Å²) in [7, 11) is 0. The molecule has 26 heavy (non-hydrogen) atoms. The molecule has 136 valence electrons. The number of hydrogen-bond acceptors (Lipinski definition) is 2. The van der Waals surface area contributed by atoms with E-state index in [1.165, 1.54) is 37.7 Å². The minimum absolute atomic E-state index is 0.0926. The zero-order valence-electron chi connectivity index (χ0n) is 15.2. The molecule has 3 heteroatoms. The second-order valence-electron chi connectivity index (χ2n) is 7.82. The Balaban J connectivity index is 1.27. The average molecular weight is 349 g/mol. The van der Waals surface area contributed by atoms with Crippen LogP contribution in [-0.4, -0.2) is 12.2 Å². The highest BCUT2D eigenvalue weighted by atomic mass is 16.6. The van der Waals surface area contributed by atoms with E-state index in [4.69, 9.17) is 4.74 Å². The minimum atomic E-state index is -0.275. The summed E-state index contributed by atoms with van der Waals surface area (Å²) in [6.45, 7) is 0.523. The topological polar surface area (TPSA) is 38.3 Å². The van der Waals surface area contributed by atoms with E-state index in [0.717, 1.165) is 12.0 Å². The molecule has 1 atom stereocenters. The van der Waals surface area contributed by atoms with Crippen LogP contribution in [0.15, 0.2) is 60.7 Å². The van der Waals surface area contributed by atoms with Crippen molar-refractivity contribution in [3.05, 3.63) is 71.8 Å². The van der Waals surface area contributed by atoms with Gasteiger partial charge in [-0.25, -0.2) is 4.79 Å². The van der Waals surface area contributed by atoms with Crippen LogP contribution in [0.25, 0.3) is 0 Å². The zero-order valence-corrected chi connectivity index (χ0v) is 15.2. The molecule has 1 spiro atoms. The molecule has 0 saturated heterocycles. The van der Waals surface area contributed by atoms with Crippen molar-refractivity contribution in [2.24, 2.45) is 5.41 Å². The molecule has 1 amide bonds. The van der Waals surface area contributed by atoms with Crippen LogP contribution in [0.5, 0.6) is 0 Å². The number of rotatable bonds is 4. The van der Waals surface area contributed by atoms with Gasteiger partial charge in [-0.15, -0.1) is 0 Å². The molecule has 3 nitrogen and oxygen atoms in total. The summed E-state index contributed by atoms with van der Waals surface area (Å²) in [5.74, 6) is 0.662. The van der Waals surface area contributed by atoms with Crippen molar-refractivity contribution in [1.29, 1.82) is 0 Å². The first kappa shape index (κ1) is 17.1. The lowest BCUT2D eigenvalue weighted by Gasteiger charge is -2.52. The number of carbonyl (C=O) groups excluding carboxylic acids is 1. The first-order valence-electron chi connectivity index (χ1n) is 9.79. The maximum absolute atomic E-state index is 12.2. The third kappa shape index (κ3) is 3.62. The van der Waals surface area contributed by atoms with Crippen molar-refractivity contribution in [1.82, 2.24) is 5.32 Å². The summed E-state index contributed by atoms with van der Waals surface area (Å²) >= 11 is 0. The third-order valence-electron chi connectivity index (χ3n) is 6.37. The summed E-state index contributed by atoms with van der Waals surface area (Å²) < 4.78 is 5.79. The van der Waals surface area contributed by atoms with Gasteiger partial charge >= 0.3 is 6.09 Å². The Morgan fingerprint density at radius 1 is 0.923 bits per heavy atom. The number of ether oxygens (including phenoxy) is 1. The minimum Gasteiger partial charge on any atom is -0.446 e. The van der Waals surface area contributed by atoms with E-state index >= 15 is 0 Å². The highest BCUT2D eigenvalue weighted by Crippen LogP contribution is 2.55. The summed E-state index contributed by atoms with van der Waals surface area (Å²) in [5.41, 5.74) is 2.78. The van der Waals surface area contributed by atoms with Gasteiger partial charge < -0.3 is 10.1 Å². The molecule has 0 bridgehead atoms. The Labute approximate surface area is 155 Å². The normalized spacial score (nSPS) is 27.5. The van der Waals surface area contributed by atoms with E-state index in [1.807, 2.05) is 30.3 Å². The predicted octanol–water partition coefficient (Wildman–Crippen LogP) is 5.42. The van der Waals surface area contributed by atoms with Crippen LogP contribution in [0.2, 0.25) is 0 Å². The molecular weight excluding hydrogens is 322 g/mol. The largest absolute Gasteiger partial charge is 0.446 e. The van der Waals surface area contributed by atoms with Crippen molar-refractivity contribution < 1.29 is 9.53 Å². The fourth-order valence-corrected chi connectivity index (χ4v) is 4.62. The summed E-state index contributed by atoms with van der Waals surface area (Å²) in [4.78, 5) is 12.2. The first-order chi connectivity index (χ1) is 12.8. The maximum Gasteiger partial charge on any atom is 0.407 e. The van der Waals surface area contributed by atoms with Crippen molar-refractivity contribution in [3.8, 4) is 0 Å². The lowest BCUT2D eigenvalue weighted by molar-refractivity contribution is -0.0949. The molecule has 2 aromatic rings. The maximum atomic E-state index is 12.2. The van der Waals surface area contributed by atoms with Crippen molar-refractivity contribution >= 4 is 6.09 Å². The summed E-state index contributed by atoms with van der Waals surface area (Å²) in [5, 5.41) is 2.89. The Morgan fingerprint density at radius 3 is 2.15 bits per heavy atom. The fourth-order valence-electron chi connectivity index (χ4n) is 4.62. The predicted molar refractivity (Wildman–Crippen MR) is 103 cm³/mol. The number of benzene rings is 2. The Hall–Kier alpha value is -2.29. The number of hydrogen-bond donors (Lipinski definition) is 1. The number of alkyl carbamates (subject to hydrolysis) is 1. The summed E-state index contributed by atoms with van der Waals surface area (Å²) in [6.07, 6.45) is 6.77. The van der Waals surface area contributed by atoms with Crippen molar-refractivity contribution in [3.63, 3.8) is 0 Å². The molecular formula is C23H27NO2. The van der Waals surface area contributed by atoms with Gasteiger partial charge in [0.15, 0.2) is 0 Å². The quantitative estimate of drug-likeness (QED) is 0.800. The van der Waals surface area contributed by atoms with E-state index in [0.29, 0.717) is 12.5 Å². The van der Waals surface area contributed by atoms with Gasteiger partial charge in [-0.05, 0) is 55.6 Å². The molecule has 0 heterocycles. The van der Waals surface area contributed by atoms with Crippen molar-refractivity contribution in [2.75, 3.05) is 0 Å². The smallest absolute Gasteiger partial charge is 0.407 e. The Bertz CT molecular complexity index is 720. The highest BCUT2D eigenvalue weighted by Gasteiger charge is 2.50. The molecule has 4 rings (SSSR count). The van der Waals surface area contributed by atoms with Gasteiger partial charge in [-0.1, -0.05) is 60.7 Å². The van der Waals surface area contributed by atoms with Crippen LogP contribution in [-0.2, 0) is 11.3 Å². The van der Waals surface area contributed by atoms with Gasteiger partial charge in [0.2, 0.25) is 0 Å². The van der Waals surface area contributed by atoms with Gasteiger partial charge in [0.05, 0.1) is 0 Å². The van der Waals surface area contributed by atoms with E-state index in [9.17, 15) is 4.79 Å². The Morgan fingerprint density at radius 2 is 1.54 bits per heavy atom. The molecule has 2 aliphatic carbocycles.